The molecule has 2 aromatic heterocycles. The van der Waals surface area contributed by atoms with Crippen molar-refractivity contribution in [1.82, 2.24) is 18.7 Å². The molecule has 3 aromatic rings. The lowest BCUT2D eigenvalue weighted by molar-refractivity contribution is 0.0938. The van der Waals surface area contributed by atoms with E-state index < -0.39 is 17.4 Å². The number of rotatable bonds is 9. The van der Waals surface area contributed by atoms with Gasteiger partial charge in [0.15, 0.2) is 11.2 Å². The summed E-state index contributed by atoms with van der Waals surface area (Å²) in [5.74, 6) is 1.62. The molecule has 30 heavy (non-hydrogen) atoms. The maximum Gasteiger partial charge on any atom is 0.332 e. The van der Waals surface area contributed by atoms with E-state index >= 15 is 0 Å². The Morgan fingerprint density at radius 1 is 1.17 bits per heavy atom. The fourth-order valence-electron chi connectivity index (χ4n) is 3.07. The summed E-state index contributed by atoms with van der Waals surface area (Å²) >= 11 is 0. The van der Waals surface area contributed by atoms with Gasteiger partial charge >= 0.3 is 5.69 Å². The van der Waals surface area contributed by atoms with Crippen LogP contribution < -0.4 is 31.8 Å². The first-order valence-corrected chi connectivity index (χ1v) is 9.42. The Hall–Kier alpha value is -3.31. The van der Waals surface area contributed by atoms with Crippen molar-refractivity contribution in [2.45, 2.75) is 12.6 Å². The number of hydrogen-bond donors (Lipinski definition) is 3. The number of methoxy groups -OCH3 is 1. The van der Waals surface area contributed by atoms with Crippen LogP contribution in [0, 0.1) is 0 Å². The van der Waals surface area contributed by atoms with Gasteiger partial charge in [-0.2, -0.15) is 4.98 Å². The van der Waals surface area contributed by atoms with Crippen molar-refractivity contribution in [2.24, 2.45) is 19.8 Å². The summed E-state index contributed by atoms with van der Waals surface area (Å²) in [6.45, 7) is 0.792. The summed E-state index contributed by atoms with van der Waals surface area (Å²) in [4.78, 5) is 29.3. The van der Waals surface area contributed by atoms with Crippen molar-refractivity contribution in [2.75, 3.05) is 32.1 Å². The predicted octanol–water partition coefficient (Wildman–Crippen LogP) is -0.747. The molecule has 0 amide bonds. The first kappa shape index (κ1) is 21.4. The number of fused-ring (bicyclic) bond motifs is 1. The predicted molar refractivity (Wildman–Crippen MR) is 112 cm³/mol. The highest BCUT2D eigenvalue weighted by Gasteiger charge is 2.21. The highest BCUT2D eigenvalue weighted by Crippen LogP contribution is 2.19. The van der Waals surface area contributed by atoms with Gasteiger partial charge in [-0.15, -0.1) is 0 Å². The van der Waals surface area contributed by atoms with E-state index in [9.17, 15) is 14.7 Å². The molecule has 0 spiro atoms. The average Bonchev–Trinajstić information content (AvgIpc) is 3.11. The maximum absolute atomic E-state index is 12.7. The third-order valence-electron chi connectivity index (χ3n) is 4.67. The second-order valence-electron chi connectivity index (χ2n) is 6.78. The summed E-state index contributed by atoms with van der Waals surface area (Å²) < 4.78 is 14.6. The minimum absolute atomic E-state index is 0.00555. The van der Waals surface area contributed by atoms with Crippen LogP contribution in [0.2, 0.25) is 0 Å². The molecule has 0 aliphatic heterocycles. The van der Waals surface area contributed by atoms with Gasteiger partial charge in [0, 0.05) is 27.2 Å². The molecule has 1 unspecified atom stereocenters. The Morgan fingerprint density at radius 3 is 2.47 bits per heavy atom. The minimum atomic E-state index is -0.940. The van der Waals surface area contributed by atoms with Gasteiger partial charge in [0.05, 0.1) is 13.7 Å². The zero-order valence-electron chi connectivity index (χ0n) is 17.2. The lowest BCUT2D eigenvalue weighted by Gasteiger charge is -2.16. The molecule has 2 heterocycles. The van der Waals surface area contributed by atoms with E-state index in [4.69, 9.17) is 15.2 Å². The number of aliphatic hydroxyl groups excluding tert-OH is 1. The number of aryl methyl sites for hydroxylation is 1. The molecule has 1 atom stereocenters. The van der Waals surface area contributed by atoms with Gasteiger partial charge < -0.3 is 30.2 Å². The van der Waals surface area contributed by atoms with E-state index in [0.29, 0.717) is 30.5 Å². The lowest BCUT2D eigenvalue weighted by Crippen LogP contribution is -2.38. The molecule has 0 fully saturated rings. The van der Waals surface area contributed by atoms with Crippen molar-refractivity contribution < 1.29 is 14.6 Å². The van der Waals surface area contributed by atoms with Crippen LogP contribution in [-0.4, -0.2) is 56.7 Å². The third kappa shape index (κ3) is 4.16. The van der Waals surface area contributed by atoms with E-state index in [2.05, 4.69) is 10.3 Å². The molecule has 0 aliphatic carbocycles. The number of nitrogens with two attached hydrogens (primary N) is 1. The van der Waals surface area contributed by atoms with Crippen molar-refractivity contribution >= 4 is 17.1 Å². The van der Waals surface area contributed by atoms with Crippen LogP contribution in [0.15, 0.2) is 33.9 Å². The van der Waals surface area contributed by atoms with Crippen LogP contribution in [0.5, 0.6) is 11.5 Å². The smallest absolute Gasteiger partial charge is 0.332 e. The Morgan fingerprint density at radius 2 is 1.83 bits per heavy atom. The average molecular weight is 418 g/mol. The number of benzene rings is 1. The maximum atomic E-state index is 12.7. The molecule has 11 nitrogen and oxygen atoms in total. The normalized spacial score (nSPS) is 12.2. The number of aliphatic hydroxyl groups is 1. The summed E-state index contributed by atoms with van der Waals surface area (Å²) in [7, 11) is 4.51. The largest absolute Gasteiger partial charge is 0.497 e. The first-order chi connectivity index (χ1) is 14.4. The highest BCUT2D eigenvalue weighted by atomic mass is 16.5. The molecule has 4 N–H and O–H groups in total. The SMILES string of the molecule is COc1ccc(OCC(O)Cn2c(NCCN)nc3c2c(=O)n(C)c(=O)n3C)cc1. The molecule has 0 aliphatic rings. The van der Waals surface area contributed by atoms with Crippen LogP contribution in [0.25, 0.3) is 11.2 Å². The molecular formula is C19H26N6O5. The van der Waals surface area contributed by atoms with Gasteiger partial charge in [0.1, 0.15) is 24.2 Å². The zero-order valence-corrected chi connectivity index (χ0v) is 17.2. The molecule has 0 saturated heterocycles. The number of aromatic nitrogens is 4. The van der Waals surface area contributed by atoms with Gasteiger partial charge in [0.2, 0.25) is 5.95 Å². The number of hydrogen-bond acceptors (Lipinski definition) is 8. The molecule has 0 radical (unpaired) electrons. The van der Waals surface area contributed by atoms with Gasteiger partial charge in [-0.25, -0.2) is 4.79 Å². The molecule has 3 rings (SSSR count). The zero-order chi connectivity index (χ0) is 21.8. The molecule has 0 bridgehead atoms. The van der Waals surface area contributed by atoms with Crippen molar-refractivity contribution in [3.8, 4) is 11.5 Å². The van der Waals surface area contributed by atoms with Crippen molar-refractivity contribution in [3.05, 3.63) is 45.1 Å². The van der Waals surface area contributed by atoms with Crippen molar-refractivity contribution in [1.29, 1.82) is 0 Å². The molecule has 0 saturated carbocycles. The van der Waals surface area contributed by atoms with E-state index in [1.54, 1.807) is 35.9 Å². The highest BCUT2D eigenvalue weighted by molar-refractivity contribution is 5.74. The summed E-state index contributed by atoms with van der Waals surface area (Å²) in [5, 5.41) is 13.6. The van der Waals surface area contributed by atoms with Crippen LogP contribution in [0.1, 0.15) is 0 Å². The number of ether oxygens (including phenoxy) is 2. The Kier molecular flexibility index (Phi) is 6.43. The Bertz CT molecular complexity index is 1130. The second-order valence-corrected chi connectivity index (χ2v) is 6.78. The summed E-state index contributed by atoms with van der Waals surface area (Å²) in [5.41, 5.74) is 5.03. The third-order valence-corrected chi connectivity index (χ3v) is 4.67. The number of imidazole rings is 1. The second kappa shape index (κ2) is 9.01. The molecule has 162 valence electrons. The topological polar surface area (TPSA) is 139 Å². The summed E-state index contributed by atoms with van der Waals surface area (Å²) in [6, 6.07) is 6.98. The van der Waals surface area contributed by atoms with E-state index in [1.807, 2.05) is 0 Å². The quantitative estimate of drug-likeness (QED) is 0.413. The fraction of sp³-hybridized carbons (Fsp3) is 0.421. The van der Waals surface area contributed by atoms with E-state index in [0.717, 1.165) is 4.57 Å². The first-order valence-electron chi connectivity index (χ1n) is 9.42. The Labute approximate surface area is 172 Å². The number of nitrogens with one attached hydrogen (secondary N) is 1. The van der Waals surface area contributed by atoms with Gasteiger partial charge in [-0.1, -0.05) is 0 Å². The van der Waals surface area contributed by atoms with Crippen LogP contribution >= 0.6 is 0 Å². The molecular weight excluding hydrogens is 392 g/mol. The molecule has 1 aromatic carbocycles. The van der Waals surface area contributed by atoms with E-state index in [1.165, 1.54) is 18.7 Å². The van der Waals surface area contributed by atoms with Gasteiger partial charge in [-0.05, 0) is 24.3 Å². The van der Waals surface area contributed by atoms with Crippen LogP contribution in [0.4, 0.5) is 5.95 Å². The van der Waals surface area contributed by atoms with Crippen molar-refractivity contribution in [3.63, 3.8) is 0 Å². The van der Waals surface area contributed by atoms with E-state index in [-0.39, 0.29) is 24.3 Å². The van der Waals surface area contributed by atoms with Gasteiger partial charge in [-0.3, -0.25) is 13.9 Å². The van der Waals surface area contributed by atoms with Crippen LogP contribution in [-0.2, 0) is 20.6 Å². The summed E-state index contributed by atoms with van der Waals surface area (Å²) in [6.07, 6.45) is -0.940. The number of anilines is 1. The Balaban J connectivity index is 1.88. The fourth-order valence-corrected chi connectivity index (χ4v) is 3.07. The van der Waals surface area contributed by atoms with Gasteiger partial charge in [0.25, 0.3) is 5.56 Å². The minimum Gasteiger partial charge on any atom is -0.497 e. The monoisotopic (exact) mass is 418 g/mol. The molecule has 11 heteroatoms. The number of nitrogens with zero attached hydrogens (tertiary/aromatic N) is 4. The lowest BCUT2D eigenvalue weighted by atomic mass is 10.3. The van der Waals surface area contributed by atoms with Crippen LogP contribution in [0.3, 0.4) is 0 Å². The standard InChI is InChI=1S/C19H26N6O5/c1-23-16-15(17(27)24(2)19(23)28)25(18(22-16)21-9-8-20)10-12(26)11-30-14-6-4-13(29-3)5-7-14/h4-7,12,26H,8-11,20H2,1-3H3,(H,21,22).